The predicted molar refractivity (Wildman–Crippen MR) is 55.0 cm³/mol. The molecule has 0 aromatic rings. The molecular weight excluding hydrogens is 164 g/mol. The monoisotopic (exact) mass is 186 g/mol. The molecule has 0 radical (unpaired) electrons. The molecule has 0 amide bonds. The van der Waals surface area contributed by atoms with E-state index in [9.17, 15) is 0 Å². The number of ether oxygens (including phenoxy) is 1. The molecule has 0 bridgehead atoms. The zero-order valence-corrected chi connectivity index (χ0v) is 8.88. The van der Waals surface area contributed by atoms with Gasteiger partial charge in [-0.1, -0.05) is 6.92 Å². The van der Waals surface area contributed by atoms with E-state index in [4.69, 9.17) is 4.74 Å². The van der Waals surface area contributed by atoms with Crippen LogP contribution in [0.5, 0.6) is 0 Å². The molecule has 1 aliphatic rings. The van der Waals surface area contributed by atoms with Crippen molar-refractivity contribution in [2.24, 2.45) is 5.92 Å². The molecular formula is C10H22N2O. The molecule has 1 heterocycles. The van der Waals surface area contributed by atoms with Gasteiger partial charge in [-0.25, -0.2) is 0 Å². The first-order chi connectivity index (χ1) is 6.36. The first kappa shape index (κ1) is 11.0. The lowest BCUT2D eigenvalue weighted by Gasteiger charge is -2.32. The van der Waals surface area contributed by atoms with Crippen LogP contribution in [0.4, 0.5) is 0 Å². The Morgan fingerprint density at radius 2 is 2.15 bits per heavy atom. The van der Waals surface area contributed by atoms with Crippen LogP contribution in [0, 0.1) is 5.92 Å². The SMILES string of the molecule is CCOCCN(CC)CC1CNC1. The summed E-state index contributed by atoms with van der Waals surface area (Å²) in [5.74, 6) is 0.876. The van der Waals surface area contributed by atoms with Gasteiger partial charge in [0.05, 0.1) is 6.61 Å². The average molecular weight is 186 g/mol. The number of rotatable bonds is 7. The molecule has 0 aliphatic carbocycles. The van der Waals surface area contributed by atoms with Gasteiger partial charge in [-0.15, -0.1) is 0 Å². The van der Waals surface area contributed by atoms with E-state index in [0.717, 1.165) is 32.2 Å². The van der Waals surface area contributed by atoms with Crippen LogP contribution < -0.4 is 5.32 Å². The number of hydrogen-bond acceptors (Lipinski definition) is 3. The number of hydrogen-bond donors (Lipinski definition) is 1. The van der Waals surface area contributed by atoms with Gasteiger partial charge >= 0.3 is 0 Å². The van der Waals surface area contributed by atoms with Crippen molar-refractivity contribution in [1.82, 2.24) is 10.2 Å². The van der Waals surface area contributed by atoms with E-state index in [1.54, 1.807) is 0 Å². The summed E-state index contributed by atoms with van der Waals surface area (Å²) < 4.78 is 5.34. The maximum Gasteiger partial charge on any atom is 0.0593 e. The van der Waals surface area contributed by atoms with Gasteiger partial charge in [0, 0.05) is 32.8 Å². The van der Waals surface area contributed by atoms with Crippen molar-refractivity contribution in [2.45, 2.75) is 13.8 Å². The normalized spacial score (nSPS) is 17.8. The van der Waals surface area contributed by atoms with E-state index in [1.807, 2.05) is 6.92 Å². The van der Waals surface area contributed by atoms with Gasteiger partial charge in [0.25, 0.3) is 0 Å². The van der Waals surface area contributed by atoms with Crippen LogP contribution in [0.15, 0.2) is 0 Å². The average Bonchev–Trinajstić information content (AvgIpc) is 2.08. The molecule has 0 saturated carbocycles. The zero-order chi connectivity index (χ0) is 9.52. The summed E-state index contributed by atoms with van der Waals surface area (Å²) in [6.07, 6.45) is 0. The fourth-order valence-electron chi connectivity index (χ4n) is 1.56. The van der Waals surface area contributed by atoms with E-state index in [0.29, 0.717) is 0 Å². The minimum Gasteiger partial charge on any atom is -0.380 e. The number of nitrogens with one attached hydrogen (secondary N) is 1. The first-order valence-corrected chi connectivity index (χ1v) is 5.37. The first-order valence-electron chi connectivity index (χ1n) is 5.37. The topological polar surface area (TPSA) is 24.5 Å². The van der Waals surface area contributed by atoms with Crippen molar-refractivity contribution in [3.05, 3.63) is 0 Å². The quantitative estimate of drug-likeness (QED) is 0.588. The molecule has 0 aromatic heterocycles. The van der Waals surface area contributed by atoms with Crippen LogP contribution >= 0.6 is 0 Å². The molecule has 13 heavy (non-hydrogen) atoms. The smallest absolute Gasteiger partial charge is 0.0593 e. The summed E-state index contributed by atoms with van der Waals surface area (Å²) in [5, 5.41) is 3.30. The molecule has 0 spiro atoms. The van der Waals surface area contributed by atoms with Crippen molar-refractivity contribution in [2.75, 3.05) is 45.9 Å². The number of likely N-dealkylation sites (N-methyl/N-ethyl adjacent to an activating group) is 1. The Morgan fingerprint density at radius 3 is 2.62 bits per heavy atom. The molecule has 0 aromatic carbocycles. The summed E-state index contributed by atoms with van der Waals surface area (Å²) in [7, 11) is 0. The van der Waals surface area contributed by atoms with Gasteiger partial charge in [0.1, 0.15) is 0 Å². The van der Waals surface area contributed by atoms with Crippen LogP contribution in [0.2, 0.25) is 0 Å². The van der Waals surface area contributed by atoms with Crippen LogP contribution in [0.25, 0.3) is 0 Å². The Morgan fingerprint density at radius 1 is 1.38 bits per heavy atom. The van der Waals surface area contributed by atoms with Crippen molar-refractivity contribution < 1.29 is 4.74 Å². The number of nitrogens with zero attached hydrogens (tertiary/aromatic N) is 1. The molecule has 1 fully saturated rings. The van der Waals surface area contributed by atoms with Gasteiger partial charge in [0.2, 0.25) is 0 Å². The fraction of sp³-hybridized carbons (Fsp3) is 1.00. The molecule has 0 atom stereocenters. The minimum atomic E-state index is 0.836. The fourth-order valence-corrected chi connectivity index (χ4v) is 1.56. The lowest BCUT2D eigenvalue weighted by molar-refractivity contribution is 0.103. The third kappa shape index (κ3) is 4.07. The van der Waals surface area contributed by atoms with E-state index in [2.05, 4.69) is 17.1 Å². The molecule has 1 N–H and O–H groups in total. The highest BCUT2D eigenvalue weighted by molar-refractivity contribution is 4.77. The Labute approximate surface area is 81.4 Å². The molecule has 1 aliphatic heterocycles. The molecule has 3 heteroatoms. The Kier molecular flexibility index (Phi) is 5.35. The van der Waals surface area contributed by atoms with Crippen molar-refractivity contribution >= 4 is 0 Å². The second-order valence-corrected chi connectivity index (χ2v) is 3.61. The van der Waals surface area contributed by atoms with Gasteiger partial charge in [0.15, 0.2) is 0 Å². The molecule has 0 unspecified atom stereocenters. The van der Waals surface area contributed by atoms with E-state index >= 15 is 0 Å². The van der Waals surface area contributed by atoms with Gasteiger partial charge in [-0.05, 0) is 19.4 Å². The maximum atomic E-state index is 5.34. The van der Waals surface area contributed by atoms with Crippen molar-refractivity contribution in [1.29, 1.82) is 0 Å². The third-order valence-corrected chi connectivity index (χ3v) is 2.59. The van der Waals surface area contributed by atoms with E-state index in [-0.39, 0.29) is 0 Å². The van der Waals surface area contributed by atoms with Crippen LogP contribution in [0.3, 0.4) is 0 Å². The van der Waals surface area contributed by atoms with Crippen LogP contribution in [-0.2, 0) is 4.74 Å². The van der Waals surface area contributed by atoms with Gasteiger partial charge in [-0.2, -0.15) is 0 Å². The molecule has 3 nitrogen and oxygen atoms in total. The molecule has 1 rings (SSSR count). The molecule has 1 saturated heterocycles. The Bertz CT molecular complexity index is 126. The maximum absolute atomic E-state index is 5.34. The lowest BCUT2D eigenvalue weighted by Crippen LogP contribution is -2.48. The summed E-state index contributed by atoms with van der Waals surface area (Å²) in [6, 6.07) is 0. The highest BCUT2D eigenvalue weighted by Gasteiger charge is 2.18. The summed E-state index contributed by atoms with van der Waals surface area (Å²) >= 11 is 0. The van der Waals surface area contributed by atoms with Crippen LogP contribution in [0.1, 0.15) is 13.8 Å². The standard InChI is InChI=1S/C10H22N2O/c1-3-12(5-6-13-4-2)9-10-7-11-8-10/h10-11H,3-9H2,1-2H3. The summed E-state index contributed by atoms with van der Waals surface area (Å²) in [5.41, 5.74) is 0. The Hall–Kier alpha value is -0.120. The highest BCUT2D eigenvalue weighted by Crippen LogP contribution is 2.05. The van der Waals surface area contributed by atoms with Gasteiger partial charge in [-0.3, -0.25) is 0 Å². The third-order valence-electron chi connectivity index (χ3n) is 2.59. The predicted octanol–water partition coefficient (Wildman–Crippen LogP) is 0.564. The lowest BCUT2D eigenvalue weighted by atomic mass is 10.0. The van der Waals surface area contributed by atoms with Crippen molar-refractivity contribution in [3.63, 3.8) is 0 Å². The van der Waals surface area contributed by atoms with Crippen LogP contribution in [-0.4, -0.2) is 50.8 Å². The largest absolute Gasteiger partial charge is 0.380 e. The minimum absolute atomic E-state index is 0.836. The highest BCUT2D eigenvalue weighted by atomic mass is 16.5. The van der Waals surface area contributed by atoms with Gasteiger partial charge < -0.3 is 15.0 Å². The summed E-state index contributed by atoms with van der Waals surface area (Å²) in [4.78, 5) is 2.47. The Balaban J connectivity index is 2.03. The second-order valence-electron chi connectivity index (χ2n) is 3.61. The second kappa shape index (κ2) is 6.35. The van der Waals surface area contributed by atoms with Crippen molar-refractivity contribution in [3.8, 4) is 0 Å². The summed E-state index contributed by atoms with van der Waals surface area (Å²) in [6.45, 7) is 11.8. The van der Waals surface area contributed by atoms with E-state index in [1.165, 1.54) is 19.6 Å². The molecule has 78 valence electrons. The van der Waals surface area contributed by atoms with E-state index < -0.39 is 0 Å². The zero-order valence-electron chi connectivity index (χ0n) is 8.88.